The number of nitrogens with two attached hydrogens (primary N) is 1. The number of fused-ring (bicyclic) bond motifs is 1. The van der Waals surface area contributed by atoms with E-state index >= 15 is 0 Å². The Balaban J connectivity index is 0.000000245. The lowest BCUT2D eigenvalue weighted by atomic mass is 10.0. The first-order valence-electron chi connectivity index (χ1n) is 17.7. The molecule has 0 radical (unpaired) electrons. The van der Waals surface area contributed by atoms with Gasteiger partial charge in [-0.2, -0.15) is 0 Å². The lowest BCUT2D eigenvalue weighted by Crippen LogP contribution is -2.43. The average Bonchev–Trinajstić information content (AvgIpc) is 3.77. The van der Waals surface area contributed by atoms with E-state index < -0.39 is 11.9 Å². The summed E-state index contributed by atoms with van der Waals surface area (Å²) in [7, 11) is 0. The number of nitrogens with zero attached hydrogens (tertiary/aromatic N) is 3. The maximum atomic E-state index is 12.8. The fourth-order valence-electron chi connectivity index (χ4n) is 5.42. The molecule has 1 saturated heterocycles. The molecule has 1 atom stereocenters. The molecule has 1 fully saturated rings. The summed E-state index contributed by atoms with van der Waals surface area (Å²) in [6.07, 6.45) is 20.0. The molecule has 0 saturated carbocycles. The number of benzene rings is 2. The molecule has 2 aromatic carbocycles. The van der Waals surface area contributed by atoms with Crippen molar-refractivity contribution < 1.29 is 19.2 Å². The minimum absolute atomic E-state index is 0.00978. The van der Waals surface area contributed by atoms with Gasteiger partial charge in [-0.1, -0.05) is 86.6 Å². The van der Waals surface area contributed by atoms with Crippen molar-refractivity contribution in [1.29, 1.82) is 0 Å². The number of allylic oxidation sites excluding steroid dienone is 5. The van der Waals surface area contributed by atoms with Gasteiger partial charge in [-0.25, -0.2) is 9.97 Å². The van der Waals surface area contributed by atoms with Crippen LogP contribution in [0.4, 0.5) is 5.69 Å². The Hall–Kier alpha value is -5.84. The minimum Gasteiger partial charge on any atom is -0.368 e. The zero-order valence-corrected chi connectivity index (χ0v) is 30.4. The molecule has 52 heavy (non-hydrogen) atoms. The number of aromatic nitrogens is 3. The number of nitrogens with one attached hydrogen (secondary N) is 3. The van der Waals surface area contributed by atoms with Crippen LogP contribution in [0, 0.1) is 6.92 Å². The van der Waals surface area contributed by atoms with Gasteiger partial charge in [0.15, 0.2) is 0 Å². The minimum atomic E-state index is -0.525. The number of aromatic amines is 1. The van der Waals surface area contributed by atoms with E-state index in [0.717, 1.165) is 52.7 Å². The van der Waals surface area contributed by atoms with Crippen molar-refractivity contribution in [3.8, 4) is 0 Å². The molecule has 2 aliphatic rings. The summed E-state index contributed by atoms with van der Waals surface area (Å²) in [6.45, 7) is 6.80. The third-order valence-corrected chi connectivity index (χ3v) is 7.73. The van der Waals surface area contributed by atoms with Gasteiger partial charge < -0.3 is 26.3 Å². The maximum absolute atomic E-state index is 12.8. The lowest BCUT2D eigenvalue weighted by Gasteiger charge is -2.24. The first-order chi connectivity index (χ1) is 25.2. The highest BCUT2D eigenvalue weighted by molar-refractivity contribution is 5.99. The van der Waals surface area contributed by atoms with E-state index in [-0.39, 0.29) is 24.3 Å². The van der Waals surface area contributed by atoms with Crippen LogP contribution >= 0.6 is 0 Å². The number of hydrogen-bond acceptors (Lipinski definition) is 6. The fourth-order valence-corrected chi connectivity index (χ4v) is 5.42. The van der Waals surface area contributed by atoms with E-state index in [0.29, 0.717) is 25.8 Å². The first-order valence-corrected chi connectivity index (χ1v) is 17.7. The van der Waals surface area contributed by atoms with E-state index in [1.807, 2.05) is 85.8 Å². The second-order valence-corrected chi connectivity index (χ2v) is 12.3. The number of likely N-dealkylation sites (tertiary alicyclic amines) is 1. The van der Waals surface area contributed by atoms with Gasteiger partial charge in [0.25, 0.3) is 0 Å². The van der Waals surface area contributed by atoms with Crippen molar-refractivity contribution in [2.75, 3.05) is 18.4 Å². The van der Waals surface area contributed by atoms with Crippen molar-refractivity contribution >= 4 is 40.2 Å². The summed E-state index contributed by atoms with van der Waals surface area (Å²) < 4.78 is 0. The molecule has 6 rings (SSSR count). The van der Waals surface area contributed by atoms with Crippen LogP contribution in [0.3, 0.4) is 0 Å². The largest absolute Gasteiger partial charge is 0.368 e. The lowest BCUT2D eigenvalue weighted by molar-refractivity contribution is -0.136. The van der Waals surface area contributed by atoms with Crippen LogP contribution < -0.4 is 16.4 Å². The zero-order chi connectivity index (χ0) is 37.6. The second-order valence-electron chi connectivity index (χ2n) is 12.3. The van der Waals surface area contributed by atoms with Crippen molar-refractivity contribution in [3.05, 3.63) is 127 Å². The summed E-state index contributed by atoms with van der Waals surface area (Å²) in [5.74, 6) is -0.790. The predicted octanol–water partition coefficient (Wildman–Crippen LogP) is 6.35. The fraction of sp³-hybridized carbons (Fsp3) is 0.317. The number of anilines is 1. The highest BCUT2D eigenvalue weighted by atomic mass is 16.2. The van der Waals surface area contributed by atoms with Crippen molar-refractivity contribution in [3.63, 3.8) is 0 Å². The van der Waals surface area contributed by atoms with Crippen molar-refractivity contribution in [1.82, 2.24) is 25.2 Å². The van der Waals surface area contributed by atoms with Crippen LogP contribution in [0.1, 0.15) is 63.6 Å². The smallest absolute Gasteiger partial charge is 0.247 e. The van der Waals surface area contributed by atoms with E-state index in [1.54, 1.807) is 23.4 Å². The number of carbonyl (C=O) groups excluding carboxylic acids is 4. The van der Waals surface area contributed by atoms with Gasteiger partial charge in [-0.3, -0.25) is 19.2 Å². The normalized spacial score (nSPS) is 16.1. The number of amides is 4. The van der Waals surface area contributed by atoms with Crippen LogP contribution in [0.5, 0.6) is 0 Å². The molecule has 11 nitrogen and oxygen atoms in total. The Kier molecular flexibility index (Phi) is 17.8. The number of aryl methyl sites for hydroxylation is 1. The molecule has 1 unspecified atom stereocenters. The molecule has 0 spiro atoms. The number of H-pyrrole nitrogens is 1. The summed E-state index contributed by atoms with van der Waals surface area (Å²) >= 11 is 0. The van der Waals surface area contributed by atoms with Crippen LogP contribution in [-0.4, -0.2) is 62.6 Å². The van der Waals surface area contributed by atoms with E-state index in [9.17, 15) is 19.2 Å². The van der Waals surface area contributed by atoms with Crippen LogP contribution in [0.25, 0.3) is 10.9 Å². The number of carbonyl (C=O) groups is 4. The van der Waals surface area contributed by atoms with Gasteiger partial charge in [0.05, 0.1) is 13.0 Å². The zero-order valence-electron chi connectivity index (χ0n) is 30.4. The van der Waals surface area contributed by atoms with E-state index in [4.69, 9.17) is 5.73 Å². The Morgan fingerprint density at radius 1 is 0.942 bits per heavy atom. The van der Waals surface area contributed by atoms with E-state index in [1.165, 1.54) is 12.7 Å². The molecule has 4 aromatic rings. The molecule has 11 heteroatoms. The number of rotatable bonds is 8. The molecule has 3 heterocycles. The predicted molar refractivity (Wildman–Crippen MR) is 207 cm³/mol. The third kappa shape index (κ3) is 15.0. The molecule has 0 bridgehead atoms. The Bertz CT molecular complexity index is 1770. The molecular weight excluding hydrogens is 654 g/mol. The van der Waals surface area contributed by atoms with Gasteiger partial charge in [0, 0.05) is 47.6 Å². The summed E-state index contributed by atoms with van der Waals surface area (Å²) in [6, 6.07) is 18.9. The Morgan fingerprint density at radius 3 is 2.35 bits per heavy atom. The van der Waals surface area contributed by atoms with Crippen LogP contribution in [-0.2, 0) is 25.6 Å². The second kappa shape index (κ2) is 22.8. The molecule has 274 valence electrons. The molecule has 4 amide bonds. The molecule has 5 N–H and O–H groups in total. The van der Waals surface area contributed by atoms with E-state index in [2.05, 4.69) is 45.5 Å². The quantitative estimate of drug-likeness (QED) is 0.156. The van der Waals surface area contributed by atoms with Crippen LogP contribution in [0.15, 0.2) is 115 Å². The molecular formula is C41H51N7O4. The topological polar surface area (TPSA) is 163 Å². The Labute approximate surface area is 306 Å². The van der Waals surface area contributed by atoms with Crippen molar-refractivity contribution in [2.24, 2.45) is 5.73 Å². The average molecular weight is 706 g/mol. The number of primary amides is 1. The highest BCUT2D eigenvalue weighted by Gasteiger charge is 2.34. The van der Waals surface area contributed by atoms with Gasteiger partial charge >= 0.3 is 0 Å². The molecule has 2 aromatic heterocycles. The van der Waals surface area contributed by atoms with Gasteiger partial charge in [0.2, 0.25) is 23.6 Å². The monoisotopic (exact) mass is 705 g/mol. The summed E-state index contributed by atoms with van der Waals surface area (Å²) in [5.41, 5.74) is 9.85. The number of hydrogen-bond donors (Lipinski definition) is 4. The third-order valence-electron chi connectivity index (χ3n) is 7.73. The standard InChI is InChI=1S/C22H23N3O2.C12H16N2O2.C4H4N2.C3H8/c1-15-12-17-14-18(9-10-19(17)23-15)24-22(27)20-8-5-11-25(20)21(26)13-16-6-3-2-4-7-16;13-11(15)9-14-12(16)8-10-6-4-2-1-3-5-7-10;1-2-5-4-6-3-1;1-3-2/h2-4,6-7,9-10,12,14,20,23H,5,8,11,13H2,1H3,(H,24,27);1-4,7H,5-6,8-9H2,(H2,13,15)(H,14,16);1-4H;3H2,1-2H3/b;3-1-,4-2?,10-7+;;. The highest BCUT2D eigenvalue weighted by Crippen LogP contribution is 2.23. The van der Waals surface area contributed by atoms with Crippen molar-refractivity contribution in [2.45, 2.75) is 71.8 Å². The SMILES string of the molecule is CCC.Cc1cc2cc(NC(=O)C3CCCN3C(=O)Cc3ccccc3)ccc2[nH]1.NC(=O)CNC(=O)C/C1=C/C/C=C\C=CC1.c1cncnc1. The van der Waals surface area contributed by atoms with Gasteiger partial charge in [0.1, 0.15) is 12.4 Å². The Morgan fingerprint density at radius 2 is 1.67 bits per heavy atom. The maximum Gasteiger partial charge on any atom is 0.247 e. The van der Waals surface area contributed by atoms with Gasteiger partial charge in [-0.15, -0.1) is 0 Å². The van der Waals surface area contributed by atoms with Gasteiger partial charge in [-0.05, 0) is 68.5 Å². The first kappa shape index (κ1) is 40.6. The molecule has 1 aliphatic carbocycles. The summed E-state index contributed by atoms with van der Waals surface area (Å²) in [5, 5.41) is 6.52. The van der Waals surface area contributed by atoms with Crippen LogP contribution in [0.2, 0.25) is 0 Å². The molecule has 1 aliphatic heterocycles. The summed E-state index contributed by atoms with van der Waals surface area (Å²) in [4.78, 5) is 59.7.